The Hall–Kier alpha value is -1.55. The van der Waals surface area contributed by atoms with Crippen molar-refractivity contribution in [1.82, 2.24) is 0 Å². The Bertz CT molecular complexity index is 445. The monoisotopic (exact) mass is 249 g/mol. The van der Waals surface area contributed by atoms with Gasteiger partial charge in [-0.15, -0.1) is 0 Å². The molecule has 2 N–H and O–H groups in total. The first-order valence-electron chi connectivity index (χ1n) is 6.23. The predicted molar refractivity (Wildman–Crippen MR) is 68.7 cm³/mol. The van der Waals surface area contributed by atoms with Crippen molar-refractivity contribution in [2.24, 2.45) is 5.73 Å². The van der Waals surface area contributed by atoms with Crippen LogP contribution in [-0.4, -0.2) is 25.7 Å². The van der Waals surface area contributed by atoms with Gasteiger partial charge in [0.05, 0.1) is 20.1 Å². The number of esters is 1. The van der Waals surface area contributed by atoms with Crippen LogP contribution in [0.2, 0.25) is 0 Å². The summed E-state index contributed by atoms with van der Waals surface area (Å²) in [6.45, 7) is 2.22. The van der Waals surface area contributed by atoms with Crippen molar-refractivity contribution in [2.45, 2.75) is 31.7 Å². The molecule has 2 atom stereocenters. The quantitative estimate of drug-likeness (QED) is 0.824. The zero-order valence-corrected chi connectivity index (χ0v) is 10.8. The normalized spacial score (nSPS) is 21.5. The molecular formula is C14H19NO3. The fourth-order valence-electron chi connectivity index (χ4n) is 2.54. The molecular weight excluding hydrogens is 230 g/mol. The molecule has 2 unspecified atom stereocenters. The van der Waals surface area contributed by atoms with E-state index in [1.807, 2.05) is 25.1 Å². The Balaban J connectivity index is 2.17. The van der Waals surface area contributed by atoms with Crippen molar-refractivity contribution in [2.75, 3.05) is 13.7 Å². The van der Waals surface area contributed by atoms with Crippen LogP contribution < -0.4 is 10.5 Å². The van der Waals surface area contributed by atoms with E-state index < -0.39 is 0 Å². The Morgan fingerprint density at radius 3 is 2.94 bits per heavy atom. The lowest BCUT2D eigenvalue weighted by Gasteiger charge is -2.15. The van der Waals surface area contributed by atoms with E-state index in [0.717, 1.165) is 17.7 Å². The average molecular weight is 249 g/mol. The molecule has 4 nitrogen and oxygen atoms in total. The summed E-state index contributed by atoms with van der Waals surface area (Å²) < 4.78 is 10.2. The molecule has 2 rings (SSSR count). The minimum atomic E-state index is -0.179. The van der Waals surface area contributed by atoms with Gasteiger partial charge in [-0.25, -0.2) is 0 Å². The van der Waals surface area contributed by atoms with Crippen LogP contribution in [0.15, 0.2) is 18.2 Å². The lowest BCUT2D eigenvalue weighted by Crippen LogP contribution is -2.27. The number of nitrogens with two attached hydrogens (primary N) is 1. The summed E-state index contributed by atoms with van der Waals surface area (Å²) in [7, 11) is 1.65. The van der Waals surface area contributed by atoms with Crippen molar-refractivity contribution in [3.63, 3.8) is 0 Å². The third-order valence-electron chi connectivity index (χ3n) is 3.41. The number of fused-ring (bicyclic) bond motifs is 1. The molecule has 1 aliphatic carbocycles. The van der Waals surface area contributed by atoms with Crippen LogP contribution in [0.4, 0.5) is 0 Å². The first kappa shape index (κ1) is 12.9. The maximum atomic E-state index is 11.6. The third-order valence-corrected chi connectivity index (χ3v) is 3.41. The van der Waals surface area contributed by atoms with E-state index in [1.165, 1.54) is 5.56 Å². The van der Waals surface area contributed by atoms with E-state index in [4.69, 9.17) is 15.2 Å². The van der Waals surface area contributed by atoms with Crippen molar-refractivity contribution in [1.29, 1.82) is 0 Å². The summed E-state index contributed by atoms with van der Waals surface area (Å²) in [5.74, 6) is 0.712. The second-order valence-corrected chi connectivity index (χ2v) is 4.55. The molecule has 4 heteroatoms. The summed E-state index contributed by atoms with van der Waals surface area (Å²) in [4.78, 5) is 11.6. The molecule has 0 bridgehead atoms. The summed E-state index contributed by atoms with van der Waals surface area (Å²) in [5, 5.41) is 0. The second-order valence-electron chi connectivity index (χ2n) is 4.55. The Morgan fingerprint density at radius 2 is 2.28 bits per heavy atom. The molecule has 0 aromatic heterocycles. The van der Waals surface area contributed by atoms with E-state index in [9.17, 15) is 4.79 Å². The van der Waals surface area contributed by atoms with Gasteiger partial charge < -0.3 is 15.2 Å². The number of hydrogen-bond donors (Lipinski definition) is 1. The van der Waals surface area contributed by atoms with E-state index >= 15 is 0 Å². The van der Waals surface area contributed by atoms with Crippen molar-refractivity contribution in [3.05, 3.63) is 29.3 Å². The van der Waals surface area contributed by atoms with Crippen molar-refractivity contribution in [3.8, 4) is 5.75 Å². The van der Waals surface area contributed by atoms with Gasteiger partial charge in [0.15, 0.2) is 0 Å². The molecule has 0 spiro atoms. The van der Waals surface area contributed by atoms with Gasteiger partial charge in [0.1, 0.15) is 5.75 Å². The highest BCUT2D eigenvalue weighted by molar-refractivity contribution is 5.71. The Labute approximate surface area is 107 Å². The average Bonchev–Trinajstić information content (AvgIpc) is 2.65. The molecule has 0 radical (unpaired) electrons. The van der Waals surface area contributed by atoms with Gasteiger partial charge in [-0.1, -0.05) is 6.07 Å². The fraction of sp³-hybridized carbons (Fsp3) is 0.500. The van der Waals surface area contributed by atoms with Gasteiger partial charge in [-0.3, -0.25) is 4.79 Å². The highest BCUT2D eigenvalue weighted by Gasteiger charge is 2.32. The van der Waals surface area contributed by atoms with Crippen molar-refractivity contribution >= 4 is 5.97 Å². The largest absolute Gasteiger partial charge is 0.497 e. The van der Waals surface area contributed by atoms with Gasteiger partial charge in [0.25, 0.3) is 0 Å². The molecule has 98 valence electrons. The highest BCUT2D eigenvalue weighted by atomic mass is 16.5. The number of hydrogen-bond acceptors (Lipinski definition) is 4. The topological polar surface area (TPSA) is 61.5 Å². The van der Waals surface area contributed by atoms with Crippen LogP contribution in [0, 0.1) is 0 Å². The number of carbonyl (C=O) groups is 1. The molecule has 0 fully saturated rings. The molecule has 0 amide bonds. The maximum Gasteiger partial charge on any atom is 0.306 e. The first-order chi connectivity index (χ1) is 8.65. The second kappa shape index (κ2) is 5.40. The van der Waals surface area contributed by atoms with Gasteiger partial charge >= 0.3 is 5.97 Å². The SMILES string of the molecule is CCOC(=O)CC1c2ccc(OC)cc2CC1N. The lowest BCUT2D eigenvalue weighted by molar-refractivity contribution is -0.143. The van der Waals surface area contributed by atoms with E-state index in [0.29, 0.717) is 13.0 Å². The smallest absolute Gasteiger partial charge is 0.306 e. The molecule has 18 heavy (non-hydrogen) atoms. The standard InChI is InChI=1S/C14H19NO3/c1-3-18-14(16)8-12-11-5-4-10(17-2)6-9(11)7-13(12)15/h4-6,12-13H,3,7-8,15H2,1-2H3. The molecule has 0 heterocycles. The number of carbonyl (C=O) groups excluding carboxylic acids is 1. The van der Waals surface area contributed by atoms with Crippen LogP contribution in [0.1, 0.15) is 30.4 Å². The summed E-state index contributed by atoms with van der Waals surface area (Å²) in [6.07, 6.45) is 1.14. The van der Waals surface area contributed by atoms with Crippen molar-refractivity contribution < 1.29 is 14.3 Å². The zero-order chi connectivity index (χ0) is 13.1. The Kier molecular flexibility index (Phi) is 3.87. The van der Waals surface area contributed by atoms with Gasteiger partial charge in [-0.2, -0.15) is 0 Å². The molecule has 0 saturated carbocycles. The van der Waals surface area contributed by atoms with Crippen LogP contribution in [0.5, 0.6) is 5.75 Å². The van der Waals surface area contributed by atoms with E-state index in [2.05, 4.69) is 0 Å². The van der Waals surface area contributed by atoms with Gasteiger partial charge in [0.2, 0.25) is 0 Å². The minimum absolute atomic E-state index is 0.0171. The summed E-state index contributed by atoms with van der Waals surface area (Å²) in [5.41, 5.74) is 8.44. The molecule has 1 aliphatic rings. The number of methoxy groups -OCH3 is 1. The number of rotatable bonds is 4. The maximum absolute atomic E-state index is 11.6. The molecule has 0 aliphatic heterocycles. The zero-order valence-electron chi connectivity index (χ0n) is 10.8. The van der Waals surface area contributed by atoms with Crippen LogP contribution in [-0.2, 0) is 16.0 Å². The third kappa shape index (κ3) is 2.48. The Morgan fingerprint density at radius 1 is 1.50 bits per heavy atom. The molecule has 0 saturated heterocycles. The minimum Gasteiger partial charge on any atom is -0.497 e. The fourth-order valence-corrected chi connectivity index (χ4v) is 2.54. The number of benzene rings is 1. The highest BCUT2D eigenvalue weighted by Crippen LogP contribution is 2.36. The van der Waals surface area contributed by atoms with Gasteiger partial charge in [0, 0.05) is 12.0 Å². The van der Waals surface area contributed by atoms with Crippen LogP contribution in [0.25, 0.3) is 0 Å². The molecule has 1 aromatic carbocycles. The van der Waals surface area contributed by atoms with Gasteiger partial charge in [-0.05, 0) is 36.6 Å². The summed E-state index contributed by atoms with van der Waals surface area (Å²) in [6, 6.07) is 5.90. The first-order valence-corrected chi connectivity index (χ1v) is 6.23. The van der Waals surface area contributed by atoms with Crippen LogP contribution >= 0.6 is 0 Å². The van der Waals surface area contributed by atoms with Crippen LogP contribution in [0.3, 0.4) is 0 Å². The van der Waals surface area contributed by atoms with E-state index in [1.54, 1.807) is 7.11 Å². The van der Waals surface area contributed by atoms with E-state index in [-0.39, 0.29) is 17.9 Å². The lowest BCUT2D eigenvalue weighted by atomic mass is 9.95. The summed E-state index contributed by atoms with van der Waals surface area (Å²) >= 11 is 0. The number of ether oxygens (including phenoxy) is 2. The molecule has 1 aromatic rings. The predicted octanol–water partition coefficient (Wildman–Crippen LogP) is 1.62.